The largest absolute Gasteiger partial charge is 0.331 e. The van der Waals surface area contributed by atoms with Crippen molar-refractivity contribution in [3.63, 3.8) is 0 Å². The molecule has 2 nitrogen and oxygen atoms in total. The lowest BCUT2D eigenvalue weighted by Crippen LogP contribution is -1.88. The van der Waals surface area contributed by atoms with Crippen LogP contribution in [0.15, 0.2) is 16.6 Å². The molecule has 0 bridgehead atoms. The molecule has 0 radical (unpaired) electrons. The Morgan fingerprint density at radius 2 is 2.15 bits per heavy atom. The first-order valence-electron chi connectivity index (χ1n) is 3.94. The molecule has 68 valence electrons. The van der Waals surface area contributed by atoms with E-state index < -0.39 is 0 Å². The van der Waals surface area contributed by atoms with Gasteiger partial charge in [-0.15, -0.1) is 0 Å². The minimum absolute atomic E-state index is 0.760. The minimum Gasteiger partial charge on any atom is -0.331 e. The second-order valence-electron chi connectivity index (χ2n) is 3.11. The van der Waals surface area contributed by atoms with Crippen LogP contribution >= 0.6 is 28.1 Å². The zero-order valence-corrected chi connectivity index (χ0v) is 9.79. The highest BCUT2D eigenvalue weighted by molar-refractivity contribution is 9.10. The van der Waals surface area contributed by atoms with E-state index in [4.69, 9.17) is 12.2 Å². The van der Waals surface area contributed by atoms with Crippen molar-refractivity contribution in [3.8, 4) is 0 Å². The molecule has 0 amide bonds. The summed E-state index contributed by atoms with van der Waals surface area (Å²) in [6.07, 6.45) is 0. The fraction of sp³-hybridized carbons (Fsp3) is 0.222. The first kappa shape index (κ1) is 8.97. The summed E-state index contributed by atoms with van der Waals surface area (Å²) >= 11 is 8.60. The van der Waals surface area contributed by atoms with E-state index >= 15 is 0 Å². The fourth-order valence-electron chi connectivity index (χ4n) is 1.58. The van der Waals surface area contributed by atoms with Gasteiger partial charge in [0.2, 0.25) is 0 Å². The molecule has 1 aromatic heterocycles. The molecule has 0 saturated heterocycles. The number of nitrogens with one attached hydrogen (secondary N) is 1. The van der Waals surface area contributed by atoms with Gasteiger partial charge in [-0.25, -0.2) is 0 Å². The number of benzene rings is 1. The number of nitrogens with zero attached hydrogens (tertiary/aromatic N) is 1. The maximum Gasteiger partial charge on any atom is 0.177 e. The predicted molar refractivity (Wildman–Crippen MR) is 60.5 cm³/mol. The topological polar surface area (TPSA) is 20.7 Å². The highest BCUT2D eigenvalue weighted by Crippen LogP contribution is 2.22. The minimum atomic E-state index is 0.760. The quantitative estimate of drug-likeness (QED) is 0.718. The molecule has 1 heterocycles. The molecule has 0 aliphatic rings. The Morgan fingerprint density at radius 1 is 1.46 bits per heavy atom. The number of hydrogen-bond acceptors (Lipinski definition) is 1. The zero-order chi connectivity index (χ0) is 9.59. The van der Waals surface area contributed by atoms with E-state index in [9.17, 15) is 0 Å². The second kappa shape index (κ2) is 2.96. The number of aromatic nitrogens is 2. The van der Waals surface area contributed by atoms with E-state index in [0.29, 0.717) is 0 Å². The van der Waals surface area contributed by atoms with Crippen LogP contribution in [-0.2, 0) is 7.05 Å². The number of H-pyrrole nitrogens is 1. The summed E-state index contributed by atoms with van der Waals surface area (Å²) in [6.45, 7) is 2.08. The zero-order valence-electron chi connectivity index (χ0n) is 7.39. The molecule has 0 aliphatic heterocycles. The number of halogens is 1. The van der Waals surface area contributed by atoms with Gasteiger partial charge in [0.15, 0.2) is 4.77 Å². The average molecular weight is 257 g/mol. The van der Waals surface area contributed by atoms with E-state index in [1.54, 1.807) is 0 Å². The lowest BCUT2D eigenvalue weighted by molar-refractivity contribution is 0.923. The number of aromatic amines is 1. The van der Waals surface area contributed by atoms with Gasteiger partial charge in [0.05, 0.1) is 11.0 Å². The summed E-state index contributed by atoms with van der Waals surface area (Å²) in [6, 6.07) is 4.13. The second-order valence-corrected chi connectivity index (χ2v) is 4.41. The van der Waals surface area contributed by atoms with Crippen molar-refractivity contribution in [2.75, 3.05) is 0 Å². The van der Waals surface area contributed by atoms with Crippen LogP contribution in [-0.4, -0.2) is 9.55 Å². The van der Waals surface area contributed by atoms with Crippen molar-refractivity contribution in [1.29, 1.82) is 0 Å². The van der Waals surface area contributed by atoms with Crippen LogP contribution in [0.3, 0.4) is 0 Å². The molecule has 2 aromatic rings. The molecular formula is C9H9BrN2S. The summed E-state index contributed by atoms with van der Waals surface area (Å²) in [5, 5.41) is 0. The highest BCUT2D eigenvalue weighted by atomic mass is 79.9. The van der Waals surface area contributed by atoms with Crippen molar-refractivity contribution in [2.24, 2.45) is 7.05 Å². The normalized spacial score (nSPS) is 11.0. The third-order valence-electron chi connectivity index (χ3n) is 2.15. The molecule has 1 N–H and O–H groups in total. The maximum atomic E-state index is 5.15. The van der Waals surface area contributed by atoms with Crippen molar-refractivity contribution >= 4 is 39.2 Å². The van der Waals surface area contributed by atoms with Crippen LogP contribution < -0.4 is 0 Å². The van der Waals surface area contributed by atoms with Crippen molar-refractivity contribution in [3.05, 3.63) is 26.9 Å². The number of rotatable bonds is 0. The van der Waals surface area contributed by atoms with Crippen molar-refractivity contribution in [1.82, 2.24) is 9.55 Å². The third kappa shape index (κ3) is 1.34. The standard InChI is InChI=1S/C9H9BrN2S/c1-5-3-6(10)4-7-8(5)12(2)9(13)11-7/h3-4H,1-2H3,(H,11,13). The lowest BCUT2D eigenvalue weighted by Gasteiger charge is -2.00. The first-order valence-corrected chi connectivity index (χ1v) is 5.14. The van der Waals surface area contributed by atoms with Crippen LogP contribution in [0, 0.1) is 11.7 Å². The molecular weight excluding hydrogens is 248 g/mol. The summed E-state index contributed by atoms with van der Waals surface area (Å²) in [7, 11) is 1.97. The van der Waals surface area contributed by atoms with Gasteiger partial charge in [-0.3, -0.25) is 0 Å². The van der Waals surface area contributed by atoms with Crippen molar-refractivity contribution in [2.45, 2.75) is 6.92 Å². The monoisotopic (exact) mass is 256 g/mol. The Balaban J connectivity index is 3.03. The Morgan fingerprint density at radius 3 is 2.85 bits per heavy atom. The molecule has 0 spiro atoms. The average Bonchev–Trinajstić information content (AvgIpc) is 2.27. The van der Waals surface area contributed by atoms with Gasteiger partial charge in [0, 0.05) is 11.5 Å². The van der Waals surface area contributed by atoms with Crippen LogP contribution in [0.25, 0.3) is 11.0 Å². The van der Waals surface area contributed by atoms with Gasteiger partial charge >= 0.3 is 0 Å². The summed E-state index contributed by atoms with van der Waals surface area (Å²) < 4.78 is 3.83. The third-order valence-corrected chi connectivity index (χ3v) is 2.98. The molecule has 0 atom stereocenters. The smallest absolute Gasteiger partial charge is 0.177 e. The Bertz CT molecular complexity index is 524. The van der Waals surface area contributed by atoms with Crippen LogP contribution in [0.2, 0.25) is 0 Å². The molecule has 0 saturated carbocycles. The van der Waals surface area contributed by atoms with E-state index in [1.807, 2.05) is 17.7 Å². The van der Waals surface area contributed by atoms with Gasteiger partial charge in [0.25, 0.3) is 0 Å². The van der Waals surface area contributed by atoms with Gasteiger partial charge in [0.1, 0.15) is 0 Å². The Labute approximate surface area is 89.7 Å². The van der Waals surface area contributed by atoms with Crippen molar-refractivity contribution < 1.29 is 0 Å². The van der Waals surface area contributed by atoms with Crippen LogP contribution in [0.4, 0.5) is 0 Å². The highest BCUT2D eigenvalue weighted by Gasteiger charge is 2.04. The van der Waals surface area contributed by atoms with E-state index in [-0.39, 0.29) is 0 Å². The molecule has 0 fully saturated rings. The van der Waals surface area contributed by atoms with Crippen LogP contribution in [0.5, 0.6) is 0 Å². The summed E-state index contributed by atoms with van der Waals surface area (Å²) in [5.74, 6) is 0. The maximum absolute atomic E-state index is 5.15. The molecule has 1 aromatic carbocycles. The Kier molecular flexibility index (Phi) is 2.04. The number of aryl methyl sites for hydroxylation is 2. The van der Waals surface area contributed by atoms with Crippen LogP contribution in [0.1, 0.15) is 5.56 Å². The molecule has 0 unspecified atom stereocenters. The molecule has 0 aliphatic carbocycles. The van der Waals surface area contributed by atoms with Gasteiger partial charge in [-0.2, -0.15) is 0 Å². The number of imidazole rings is 1. The van der Waals surface area contributed by atoms with Gasteiger partial charge < -0.3 is 9.55 Å². The molecule has 2 rings (SSSR count). The predicted octanol–water partition coefficient (Wildman–Crippen LogP) is 3.31. The van der Waals surface area contributed by atoms with E-state index in [0.717, 1.165) is 14.8 Å². The molecule has 13 heavy (non-hydrogen) atoms. The molecule has 4 heteroatoms. The number of fused-ring (bicyclic) bond motifs is 1. The van der Waals surface area contributed by atoms with E-state index in [1.165, 1.54) is 11.1 Å². The van der Waals surface area contributed by atoms with Gasteiger partial charge in [-0.1, -0.05) is 15.9 Å². The SMILES string of the molecule is Cc1cc(Br)cc2[nH]c(=S)n(C)c12. The summed E-state index contributed by atoms with van der Waals surface area (Å²) in [4.78, 5) is 3.16. The number of hydrogen-bond donors (Lipinski definition) is 1. The summed E-state index contributed by atoms with van der Waals surface area (Å²) in [5.41, 5.74) is 3.48. The Hall–Kier alpha value is -0.610. The first-order chi connectivity index (χ1) is 6.09. The lowest BCUT2D eigenvalue weighted by atomic mass is 10.2. The van der Waals surface area contributed by atoms with E-state index in [2.05, 4.69) is 33.9 Å². The fourth-order valence-corrected chi connectivity index (χ4v) is 2.35. The van der Waals surface area contributed by atoms with Gasteiger partial charge in [-0.05, 0) is 36.8 Å².